The Morgan fingerprint density at radius 1 is 1.18 bits per heavy atom. The number of carbonyl (C=O) groups is 2. The molecule has 1 aromatic carbocycles. The van der Waals surface area contributed by atoms with Crippen LogP contribution >= 0.6 is 12.4 Å². The van der Waals surface area contributed by atoms with Crippen molar-refractivity contribution < 1.29 is 14.3 Å². The molecule has 38 heavy (non-hydrogen) atoms. The number of hydrogen-bond donors (Lipinski definition) is 1. The summed E-state index contributed by atoms with van der Waals surface area (Å²) >= 11 is 0. The van der Waals surface area contributed by atoms with Crippen LogP contribution in [-0.4, -0.2) is 56.7 Å². The predicted molar refractivity (Wildman–Crippen MR) is 147 cm³/mol. The van der Waals surface area contributed by atoms with Crippen LogP contribution in [0.1, 0.15) is 47.4 Å². The summed E-state index contributed by atoms with van der Waals surface area (Å²) in [5.74, 6) is -0.496. The molecule has 2 N–H and O–H groups in total. The minimum atomic E-state index is -0.649. The number of methoxy groups -OCH3 is 1. The van der Waals surface area contributed by atoms with E-state index in [9.17, 15) is 19.2 Å². The van der Waals surface area contributed by atoms with Gasteiger partial charge in [-0.15, -0.1) is 12.4 Å². The molecule has 0 saturated carbocycles. The van der Waals surface area contributed by atoms with Crippen LogP contribution in [0.15, 0.2) is 45.5 Å². The molecule has 3 heterocycles. The molecule has 11 nitrogen and oxygen atoms in total. The monoisotopic (exact) mass is 544 g/mol. The number of aromatic nitrogens is 4. The Bertz CT molecular complexity index is 1510. The van der Waals surface area contributed by atoms with Gasteiger partial charge in [0.1, 0.15) is 0 Å². The van der Waals surface area contributed by atoms with Gasteiger partial charge in [-0.1, -0.05) is 23.8 Å². The van der Waals surface area contributed by atoms with E-state index in [1.54, 1.807) is 10.6 Å². The van der Waals surface area contributed by atoms with E-state index in [4.69, 9.17) is 15.5 Å². The van der Waals surface area contributed by atoms with Crippen LogP contribution in [0, 0.1) is 0 Å². The van der Waals surface area contributed by atoms with Crippen molar-refractivity contribution in [3.8, 4) is 0 Å². The van der Waals surface area contributed by atoms with Crippen LogP contribution in [0.5, 0.6) is 0 Å². The third-order valence-corrected chi connectivity index (χ3v) is 6.54. The molecule has 1 aliphatic heterocycles. The fourth-order valence-corrected chi connectivity index (χ4v) is 4.55. The summed E-state index contributed by atoms with van der Waals surface area (Å²) in [5, 5.41) is 0. The van der Waals surface area contributed by atoms with Gasteiger partial charge in [-0.2, -0.15) is 4.98 Å². The molecule has 0 spiro atoms. The third-order valence-electron chi connectivity index (χ3n) is 6.54. The van der Waals surface area contributed by atoms with E-state index in [2.05, 4.69) is 0 Å². The molecule has 4 rings (SSSR count). The molecular weight excluding hydrogens is 512 g/mol. The molecule has 1 fully saturated rings. The summed E-state index contributed by atoms with van der Waals surface area (Å²) in [4.78, 5) is 58.7. The number of imidazole rings is 1. The van der Waals surface area contributed by atoms with E-state index in [-0.39, 0.29) is 40.7 Å². The maximum absolute atomic E-state index is 13.7. The minimum Gasteiger partial charge on any atom is -0.465 e. The van der Waals surface area contributed by atoms with Crippen molar-refractivity contribution in [3.63, 3.8) is 0 Å². The number of ether oxygens (including phenoxy) is 1. The van der Waals surface area contributed by atoms with Crippen molar-refractivity contribution in [2.45, 2.75) is 45.8 Å². The molecule has 12 heteroatoms. The smallest absolute Gasteiger partial charge is 0.337 e. The normalized spacial score (nSPS) is 15.2. The zero-order chi connectivity index (χ0) is 26.9. The molecule has 1 unspecified atom stereocenters. The summed E-state index contributed by atoms with van der Waals surface area (Å²) in [6.07, 6.45) is 3.79. The van der Waals surface area contributed by atoms with Crippen LogP contribution in [0.2, 0.25) is 0 Å². The summed E-state index contributed by atoms with van der Waals surface area (Å²) in [7, 11) is 2.78. The molecule has 0 bridgehead atoms. The number of hydrogen-bond acceptors (Lipinski definition) is 8. The fraction of sp³-hybridized carbons (Fsp3) is 0.423. The number of fused-ring (bicyclic) bond motifs is 1. The first kappa shape index (κ1) is 28.9. The SMILES string of the molecule is COC(=O)c1cccc(C(=O)Cn2c(=O)c3c(nc(N4CCCC(N)C4)n3CC=C(C)C)n(C)c2=O)c1.Cl. The van der Waals surface area contributed by atoms with Crippen molar-refractivity contribution in [3.05, 3.63) is 67.9 Å². The second-order valence-corrected chi connectivity index (χ2v) is 9.55. The van der Waals surface area contributed by atoms with Gasteiger partial charge in [-0.25, -0.2) is 9.59 Å². The molecule has 1 saturated heterocycles. The Hall–Kier alpha value is -3.70. The highest BCUT2D eigenvalue weighted by atomic mass is 35.5. The maximum atomic E-state index is 13.7. The number of anilines is 1. The number of benzene rings is 1. The van der Waals surface area contributed by atoms with Gasteiger partial charge in [-0.3, -0.25) is 18.7 Å². The van der Waals surface area contributed by atoms with Gasteiger partial charge in [0.2, 0.25) is 5.95 Å². The number of halogens is 1. The van der Waals surface area contributed by atoms with E-state index in [0.717, 1.165) is 29.5 Å². The maximum Gasteiger partial charge on any atom is 0.337 e. The molecule has 2 aromatic heterocycles. The average molecular weight is 545 g/mol. The number of esters is 1. The largest absolute Gasteiger partial charge is 0.465 e. The van der Waals surface area contributed by atoms with E-state index < -0.39 is 29.5 Å². The van der Waals surface area contributed by atoms with Crippen LogP contribution in [-0.2, 0) is 24.9 Å². The van der Waals surface area contributed by atoms with Crippen molar-refractivity contribution >= 4 is 41.3 Å². The van der Waals surface area contributed by atoms with Gasteiger partial charge >= 0.3 is 11.7 Å². The highest BCUT2D eigenvalue weighted by Gasteiger charge is 2.26. The quantitative estimate of drug-likeness (QED) is 0.271. The standard InChI is InChI=1S/C26H32N6O5.ClH/c1-16(2)10-12-31-21-22(28-25(31)30-11-6-9-19(27)14-30)29(3)26(36)32(23(21)34)15-20(33)17-7-5-8-18(13-17)24(35)37-4;/h5,7-8,10,13,19H,6,9,11-12,14-15,27H2,1-4H3;1H. The van der Waals surface area contributed by atoms with Gasteiger partial charge < -0.3 is 19.9 Å². The van der Waals surface area contributed by atoms with E-state index >= 15 is 0 Å². The Kier molecular flexibility index (Phi) is 8.95. The molecular formula is C26H33ClN6O5. The first-order valence-electron chi connectivity index (χ1n) is 12.2. The number of ketones is 1. The lowest BCUT2D eigenvalue weighted by Crippen LogP contribution is -2.44. The zero-order valence-corrected chi connectivity index (χ0v) is 22.8. The van der Waals surface area contributed by atoms with E-state index in [1.807, 2.05) is 24.8 Å². The lowest BCUT2D eigenvalue weighted by Gasteiger charge is -2.31. The molecule has 1 atom stereocenters. The number of rotatable bonds is 7. The Labute approximate surface area is 225 Å². The number of nitrogens with zero attached hydrogens (tertiary/aromatic N) is 5. The van der Waals surface area contributed by atoms with Crippen molar-refractivity contribution in [1.29, 1.82) is 0 Å². The van der Waals surface area contributed by atoms with Crippen molar-refractivity contribution in [2.75, 3.05) is 25.1 Å². The Balaban J connectivity index is 0.00000400. The number of aryl methyl sites for hydroxylation is 1. The van der Waals surface area contributed by atoms with Crippen LogP contribution in [0.4, 0.5) is 5.95 Å². The number of piperidine rings is 1. The van der Waals surface area contributed by atoms with Gasteiger partial charge in [0.25, 0.3) is 5.56 Å². The lowest BCUT2D eigenvalue weighted by molar-refractivity contribution is 0.0600. The average Bonchev–Trinajstić information content (AvgIpc) is 3.28. The van der Waals surface area contributed by atoms with Gasteiger partial charge in [-0.05, 0) is 38.8 Å². The molecule has 0 amide bonds. The zero-order valence-electron chi connectivity index (χ0n) is 22.0. The summed E-state index contributed by atoms with van der Waals surface area (Å²) in [6, 6.07) is 5.98. The molecule has 0 radical (unpaired) electrons. The van der Waals surface area contributed by atoms with E-state index in [1.165, 1.54) is 36.9 Å². The fourth-order valence-electron chi connectivity index (χ4n) is 4.55. The minimum absolute atomic E-state index is 0. The van der Waals surface area contributed by atoms with Gasteiger partial charge in [0, 0.05) is 38.3 Å². The second kappa shape index (κ2) is 11.8. The van der Waals surface area contributed by atoms with E-state index in [0.29, 0.717) is 19.0 Å². The first-order chi connectivity index (χ1) is 17.6. The Morgan fingerprint density at radius 2 is 1.89 bits per heavy atom. The number of nitrogens with two attached hydrogens (primary N) is 1. The van der Waals surface area contributed by atoms with Crippen LogP contribution < -0.4 is 21.9 Å². The summed E-state index contributed by atoms with van der Waals surface area (Å²) in [6.45, 7) is 5.15. The topological polar surface area (TPSA) is 134 Å². The highest BCUT2D eigenvalue weighted by Crippen LogP contribution is 2.23. The summed E-state index contributed by atoms with van der Waals surface area (Å²) in [5.41, 5.74) is 6.91. The molecule has 3 aromatic rings. The second-order valence-electron chi connectivity index (χ2n) is 9.55. The van der Waals surface area contributed by atoms with Gasteiger partial charge in [0.15, 0.2) is 16.9 Å². The molecule has 1 aliphatic rings. The highest BCUT2D eigenvalue weighted by molar-refractivity contribution is 5.99. The molecule has 204 valence electrons. The lowest BCUT2D eigenvalue weighted by atomic mass is 10.1. The summed E-state index contributed by atoms with van der Waals surface area (Å²) < 4.78 is 8.72. The number of allylic oxidation sites excluding steroid dienone is 2. The van der Waals surface area contributed by atoms with Crippen LogP contribution in [0.25, 0.3) is 11.2 Å². The first-order valence-corrected chi connectivity index (χ1v) is 12.2. The predicted octanol–water partition coefficient (Wildman–Crippen LogP) is 1.88. The number of Topliss-reactive ketones (excluding diaryl/α,β-unsaturated/α-hetero) is 1. The molecule has 0 aliphatic carbocycles. The van der Waals surface area contributed by atoms with Crippen LogP contribution in [0.3, 0.4) is 0 Å². The Morgan fingerprint density at radius 3 is 2.55 bits per heavy atom. The third kappa shape index (κ3) is 5.58. The number of carbonyl (C=O) groups excluding carboxylic acids is 2. The van der Waals surface area contributed by atoms with Crippen molar-refractivity contribution in [1.82, 2.24) is 18.7 Å². The van der Waals surface area contributed by atoms with Gasteiger partial charge in [0.05, 0.1) is 19.2 Å². The van der Waals surface area contributed by atoms with Crippen molar-refractivity contribution in [2.24, 2.45) is 12.8 Å².